The highest BCUT2D eigenvalue weighted by Gasteiger charge is 2.20. The summed E-state index contributed by atoms with van der Waals surface area (Å²) in [4.78, 5) is 13.5. The molecule has 230 valence electrons. The Kier molecular flexibility index (Phi) is 11.2. The number of carbonyl (C=O) groups is 1. The highest BCUT2D eigenvalue weighted by Crippen LogP contribution is 2.30. The summed E-state index contributed by atoms with van der Waals surface area (Å²) in [5, 5.41) is 9.49. The zero-order valence-electron chi connectivity index (χ0n) is 24.7. The molecule has 7 nitrogen and oxygen atoms in total. The minimum absolute atomic E-state index is 0.00259. The molecule has 0 saturated carbocycles. The molecule has 5 aromatic rings. The summed E-state index contributed by atoms with van der Waals surface area (Å²) in [5.74, 6) is -0.923. The number of amides is 1. The summed E-state index contributed by atoms with van der Waals surface area (Å²) in [5.41, 5.74) is 5.95. The highest BCUT2D eigenvalue weighted by atomic mass is 35.5. The van der Waals surface area contributed by atoms with Crippen molar-refractivity contribution in [1.29, 1.82) is 0 Å². The highest BCUT2D eigenvalue weighted by molar-refractivity contribution is 7.85. The lowest BCUT2D eigenvalue weighted by molar-refractivity contribution is 0.0956. The van der Waals surface area contributed by atoms with Gasteiger partial charge in [0.25, 0.3) is 16.0 Å². The number of carbonyl (C=O) groups excluding carboxylic acids is 1. The molecule has 44 heavy (non-hydrogen) atoms. The number of hydrogen-bond donors (Lipinski definition) is 2. The Labute approximate surface area is 267 Å². The van der Waals surface area contributed by atoms with E-state index in [-0.39, 0.29) is 17.9 Å². The number of thiophene rings is 1. The molecule has 0 aliphatic carbocycles. The van der Waals surface area contributed by atoms with Crippen LogP contribution in [-0.4, -0.2) is 36.3 Å². The van der Waals surface area contributed by atoms with Gasteiger partial charge in [0, 0.05) is 34.0 Å². The molecule has 0 spiro atoms. The largest absolute Gasteiger partial charge is 0.364 e. The van der Waals surface area contributed by atoms with E-state index in [1.54, 1.807) is 29.7 Å². The van der Waals surface area contributed by atoms with Gasteiger partial charge in [-0.1, -0.05) is 92.1 Å². The smallest absolute Gasteiger partial charge is 0.266 e. The van der Waals surface area contributed by atoms with Crippen LogP contribution in [0.25, 0.3) is 10.4 Å². The molecule has 0 radical (unpaired) electrons. The fourth-order valence-electron chi connectivity index (χ4n) is 4.49. The Morgan fingerprint density at radius 1 is 0.977 bits per heavy atom. The number of rotatable bonds is 9. The first kappa shape index (κ1) is 33.1. The molecule has 2 N–H and O–H groups in total. The fraction of sp³-hybridized carbons (Fsp3) is 0.235. The van der Waals surface area contributed by atoms with Gasteiger partial charge in [-0.3, -0.25) is 9.35 Å². The van der Waals surface area contributed by atoms with Gasteiger partial charge in [0.1, 0.15) is 6.26 Å². The Morgan fingerprint density at radius 3 is 2.20 bits per heavy atom. The van der Waals surface area contributed by atoms with E-state index in [1.807, 2.05) is 42.5 Å². The summed E-state index contributed by atoms with van der Waals surface area (Å²) in [6.07, 6.45) is 2.23. The van der Waals surface area contributed by atoms with Gasteiger partial charge in [0.2, 0.25) is 0 Å². The molecule has 3 aromatic carbocycles. The van der Waals surface area contributed by atoms with Crippen LogP contribution in [0.4, 0.5) is 0 Å². The molecule has 2 heterocycles. The van der Waals surface area contributed by atoms with Gasteiger partial charge in [-0.05, 0) is 69.8 Å². The van der Waals surface area contributed by atoms with E-state index >= 15 is 0 Å². The molecular weight excluding hydrogens is 616 g/mol. The van der Waals surface area contributed by atoms with E-state index in [9.17, 15) is 13.2 Å². The van der Waals surface area contributed by atoms with Gasteiger partial charge in [0.05, 0.1) is 11.4 Å². The Hall–Kier alpha value is -3.76. The number of halogens is 1. The molecule has 2 aromatic heterocycles. The Morgan fingerprint density at radius 2 is 1.66 bits per heavy atom. The molecule has 10 heteroatoms. The fourth-order valence-corrected chi connectivity index (χ4v) is 5.71. The molecule has 0 fully saturated rings. The first-order valence-corrected chi connectivity index (χ1v) is 16.9. The molecule has 0 saturated heterocycles. The van der Waals surface area contributed by atoms with Crippen molar-refractivity contribution in [2.45, 2.75) is 38.5 Å². The second-order valence-corrected chi connectivity index (χ2v) is 14.2. The molecule has 0 aliphatic rings. The minimum atomic E-state index is -4.11. The van der Waals surface area contributed by atoms with Gasteiger partial charge < -0.3 is 9.84 Å². The van der Waals surface area contributed by atoms with Crippen LogP contribution in [-0.2, 0) is 22.0 Å². The average molecular weight is 651 g/mol. The summed E-state index contributed by atoms with van der Waals surface area (Å²) in [6, 6.07) is 29.6. The number of hydrogen-bond acceptors (Lipinski definition) is 6. The Balaban J connectivity index is 0.000000305. The van der Waals surface area contributed by atoms with Crippen molar-refractivity contribution >= 4 is 39.0 Å². The predicted octanol–water partition coefficient (Wildman–Crippen LogP) is 8.03. The lowest BCUT2D eigenvalue weighted by Crippen LogP contribution is -2.28. The molecule has 1 amide bonds. The maximum atomic E-state index is 12.2. The van der Waals surface area contributed by atoms with Crippen molar-refractivity contribution in [3.05, 3.63) is 136 Å². The lowest BCUT2D eigenvalue weighted by Gasteiger charge is -2.21. The van der Waals surface area contributed by atoms with Gasteiger partial charge >= 0.3 is 0 Å². The van der Waals surface area contributed by atoms with Crippen LogP contribution >= 0.6 is 22.9 Å². The monoisotopic (exact) mass is 650 g/mol. The Bertz CT molecular complexity index is 1710. The van der Waals surface area contributed by atoms with Crippen LogP contribution in [0.15, 0.2) is 107 Å². The number of aromatic nitrogens is 1. The minimum Gasteiger partial charge on any atom is -0.364 e. The topological polar surface area (TPSA) is 110 Å². The molecule has 1 unspecified atom stereocenters. The first-order chi connectivity index (χ1) is 20.9. The van der Waals surface area contributed by atoms with Crippen LogP contribution in [0.1, 0.15) is 59.4 Å². The van der Waals surface area contributed by atoms with Gasteiger partial charge in [-0.2, -0.15) is 8.42 Å². The van der Waals surface area contributed by atoms with Crippen LogP contribution < -0.4 is 5.32 Å². The average Bonchev–Trinajstić information content (AvgIpc) is 3.71. The van der Waals surface area contributed by atoms with Gasteiger partial charge in [-0.25, -0.2) is 0 Å². The van der Waals surface area contributed by atoms with E-state index in [0.29, 0.717) is 12.0 Å². The van der Waals surface area contributed by atoms with Crippen molar-refractivity contribution in [2.75, 3.05) is 12.3 Å². The second-order valence-electron chi connectivity index (χ2n) is 11.3. The van der Waals surface area contributed by atoms with E-state index < -0.39 is 21.8 Å². The van der Waals surface area contributed by atoms with Crippen molar-refractivity contribution in [3.63, 3.8) is 0 Å². The molecule has 5 rings (SSSR count). The summed E-state index contributed by atoms with van der Waals surface area (Å²) < 4.78 is 35.4. The standard InChI is InChI=1S/C24H28N2O5S.C10H7ClS/c1-24(2,3)20-10-8-18(9-11-20)21(22-12-14-31-26-22)16-17-4-6-19(7-5-17)23(27)25-13-15-32(28,29)30;11-9-5-3-8(4-6-9)10-2-1-7-12-10/h4-12,14,21H,13,15-16H2,1-3H3,(H,25,27)(H,28,29,30);1-7H. The van der Waals surface area contributed by atoms with Crippen LogP contribution in [0, 0.1) is 0 Å². The van der Waals surface area contributed by atoms with E-state index in [0.717, 1.165) is 21.8 Å². The molecule has 1 atom stereocenters. The van der Waals surface area contributed by atoms with Gasteiger partial charge in [-0.15, -0.1) is 11.3 Å². The SMILES string of the molecule is CC(C)(C)c1ccc(C(Cc2ccc(C(=O)NCCS(=O)(=O)O)cc2)c2ccon2)cc1.Clc1ccc(-c2cccs2)cc1. The van der Waals surface area contributed by atoms with Crippen molar-refractivity contribution in [3.8, 4) is 10.4 Å². The summed E-state index contributed by atoms with van der Waals surface area (Å²) in [7, 11) is -4.11. The summed E-state index contributed by atoms with van der Waals surface area (Å²) >= 11 is 7.52. The third-order valence-corrected chi connectivity index (χ3v) is 8.84. The number of benzene rings is 3. The predicted molar refractivity (Wildman–Crippen MR) is 177 cm³/mol. The van der Waals surface area contributed by atoms with Crippen molar-refractivity contribution < 1.29 is 22.3 Å². The zero-order valence-corrected chi connectivity index (χ0v) is 27.1. The lowest BCUT2D eigenvalue weighted by atomic mass is 9.84. The normalized spacial score (nSPS) is 12.2. The quantitative estimate of drug-likeness (QED) is 0.156. The third kappa shape index (κ3) is 9.89. The number of nitrogens with zero attached hydrogens (tertiary/aromatic N) is 1. The molecule has 0 aliphatic heterocycles. The first-order valence-electron chi connectivity index (χ1n) is 14.0. The third-order valence-electron chi connectivity index (χ3n) is 6.95. The second kappa shape index (κ2) is 14.8. The molecular formula is C34H35ClN2O5S2. The number of nitrogens with one attached hydrogen (secondary N) is 1. The maximum absolute atomic E-state index is 12.2. The molecule has 0 bridgehead atoms. The van der Waals surface area contributed by atoms with Gasteiger partial charge in [0.15, 0.2) is 0 Å². The van der Waals surface area contributed by atoms with E-state index in [2.05, 4.69) is 73.0 Å². The zero-order chi connectivity index (χ0) is 31.7. The van der Waals surface area contributed by atoms with E-state index in [1.165, 1.54) is 16.0 Å². The van der Waals surface area contributed by atoms with Crippen molar-refractivity contribution in [2.24, 2.45) is 0 Å². The van der Waals surface area contributed by atoms with Crippen molar-refractivity contribution in [1.82, 2.24) is 10.5 Å². The maximum Gasteiger partial charge on any atom is 0.266 e. The van der Waals surface area contributed by atoms with Crippen LogP contribution in [0.2, 0.25) is 5.02 Å². The van der Waals surface area contributed by atoms with Crippen LogP contribution in [0.5, 0.6) is 0 Å². The van der Waals surface area contributed by atoms with E-state index in [4.69, 9.17) is 20.7 Å². The van der Waals surface area contributed by atoms with Crippen LogP contribution in [0.3, 0.4) is 0 Å². The summed E-state index contributed by atoms with van der Waals surface area (Å²) in [6.45, 7) is 6.38.